The van der Waals surface area contributed by atoms with Gasteiger partial charge in [-0.1, -0.05) is 84.0 Å². The van der Waals surface area contributed by atoms with Crippen LogP contribution in [0, 0.1) is 17.3 Å². The van der Waals surface area contributed by atoms with E-state index in [1.54, 1.807) is 12.0 Å². The second kappa shape index (κ2) is 12.5. The van der Waals surface area contributed by atoms with Gasteiger partial charge in [0, 0.05) is 43.3 Å². The van der Waals surface area contributed by atoms with Crippen molar-refractivity contribution in [3.63, 3.8) is 0 Å². The Labute approximate surface area is 255 Å². The zero-order valence-corrected chi connectivity index (χ0v) is 26.6. The molecule has 1 saturated heterocycles. The first kappa shape index (κ1) is 32.9. The highest BCUT2D eigenvalue weighted by Gasteiger charge is 2.58. The molecule has 236 valence electrons. The number of alkyl halides is 2. The van der Waals surface area contributed by atoms with Crippen LogP contribution in [0.15, 0.2) is 48.5 Å². The number of hydrogen-bond donors (Lipinski definition) is 2. The highest BCUT2D eigenvalue weighted by atomic mass is 19.3. The molecular weight excluding hydrogens is 550 g/mol. The van der Waals surface area contributed by atoms with E-state index in [2.05, 4.69) is 38.2 Å². The largest absolute Gasteiger partial charge is 0.496 e. The summed E-state index contributed by atoms with van der Waals surface area (Å²) in [5.41, 5.74) is 2.40. The number of amides is 1. The van der Waals surface area contributed by atoms with Gasteiger partial charge in [0.1, 0.15) is 11.8 Å². The van der Waals surface area contributed by atoms with Gasteiger partial charge in [0.15, 0.2) is 0 Å². The molecule has 6 nitrogen and oxygen atoms in total. The van der Waals surface area contributed by atoms with Gasteiger partial charge in [0.2, 0.25) is 11.8 Å². The number of carboxylic acids is 1. The monoisotopic (exact) mass is 598 g/mol. The van der Waals surface area contributed by atoms with Crippen LogP contribution in [0.25, 0.3) is 0 Å². The molecule has 0 spiro atoms. The zero-order chi connectivity index (χ0) is 31.7. The Hall–Kier alpha value is -3.00. The lowest BCUT2D eigenvalue weighted by Crippen LogP contribution is -2.48. The number of nitrogens with zero attached hydrogens (tertiary/aromatic N) is 1. The Morgan fingerprint density at radius 2 is 1.65 bits per heavy atom. The average molecular weight is 599 g/mol. The number of carbonyl (C=O) groups excluding carboxylic acids is 1. The third-order valence-corrected chi connectivity index (χ3v) is 9.32. The Bertz CT molecular complexity index is 1270. The molecule has 43 heavy (non-hydrogen) atoms. The molecule has 8 heteroatoms. The van der Waals surface area contributed by atoms with Crippen molar-refractivity contribution in [1.82, 2.24) is 10.2 Å². The number of ether oxygens (including phenoxy) is 1. The fourth-order valence-corrected chi connectivity index (χ4v) is 7.03. The highest BCUT2D eigenvalue weighted by Crippen LogP contribution is 2.49. The summed E-state index contributed by atoms with van der Waals surface area (Å²) in [4.78, 5) is 28.8. The van der Waals surface area contributed by atoms with E-state index < -0.39 is 41.4 Å². The molecule has 2 aliphatic rings. The van der Waals surface area contributed by atoms with Gasteiger partial charge >= 0.3 is 5.97 Å². The third-order valence-electron chi connectivity index (χ3n) is 9.32. The van der Waals surface area contributed by atoms with Crippen molar-refractivity contribution in [1.29, 1.82) is 0 Å². The SMILES string of the molecule is COc1ccc(C(C)(C)C)cc1CN[C@H]1[C@H](C(C)(C)C)[C@@H](C(=O)O)N(C(=O)CC2CCC(F)(F)CC2)[C@H]1c1ccccc1. The number of nitrogens with one attached hydrogen (secondary N) is 1. The van der Waals surface area contributed by atoms with Crippen molar-refractivity contribution in [3.05, 3.63) is 65.2 Å². The highest BCUT2D eigenvalue weighted by molar-refractivity contribution is 5.86. The van der Waals surface area contributed by atoms with E-state index >= 15 is 0 Å². The number of rotatable bonds is 8. The van der Waals surface area contributed by atoms with Gasteiger partial charge in [-0.05, 0) is 46.8 Å². The van der Waals surface area contributed by atoms with E-state index in [0.29, 0.717) is 6.54 Å². The molecule has 1 amide bonds. The van der Waals surface area contributed by atoms with Crippen LogP contribution < -0.4 is 10.1 Å². The van der Waals surface area contributed by atoms with Crippen molar-refractivity contribution < 1.29 is 28.2 Å². The van der Waals surface area contributed by atoms with Crippen molar-refractivity contribution in [2.24, 2.45) is 17.3 Å². The van der Waals surface area contributed by atoms with E-state index in [1.165, 1.54) is 0 Å². The normalized spacial score (nSPS) is 24.6. The molecule has 0 unspecified atom stereocenters. The number of carbonyl (C=O) groups is 2. The number of aliphatic carboxylic acids is 1. The van der Waals surface area contributed by atoms with Gasteiger partial charge in [0.05, 0.1) is 13.2 Å². The van der Waals surface area contributed by atoms with Gasteiger partial charge in [-0.25, -0.2) is 13.6 Å². The quantitative estimate of drug-likeness (QED) is 0.332. The summed E-state index contributed by atoms with van der Waals surface area (Å²) in [5, 5.41) is 14.4. The summed E-state index contributed by atoms with van der Waals surface area (Å²) in [6.07, 6.45) is 0.108. The fraction of sp³-hybridized carbons (Fsp3) is 0.600. The number of carboxylic acid groups (broad SMARTS) is 1. The van der Waals surface area contributed by atoms with Crippen LogP contribution in [0.1, 0.15) is 96.4 Å². The maximum absolute atomic E-state index is 14.1. The lowest BCUT2D eigenvalue weighted by Gasteiger charge is -2.35. The molecule has 4 rings (SSSR count). The first-order valence-corrected chi connectivity index (χ1v) is 15.4. The summed E-state index contributed by atoms with van der Waals surface area (Å²) in [5.74, 6) is -3.93. The molecule has 1 saturated carbocycles. The first-order chi connectivity index (χ1) is 20.0. The summed E-state index contributed by atoms with van der Waals surface area (Å²) in [6.45, 7) is 12.9. The number of halogens is 2. The Morgan fingerprint density at radius 1 is 1.02 bits per heavy atom. The van der Waals surface area contributed by atoms with Crippen LogP contribution in [0.4, 0.5) is 8.78 Å². The molecule has 2 aromatic rings. The predicted molar refractivity (Wildman–Crippen MR) is 164 cm³/mol. The van der Waals surface area contributed by atoms with Crippen molar-refractivity contribution in [3.8, 4) is 5.75 Å². The molecule has 0 bridgehead atoms. The molecule has 2 fully saturated rings. The third kappa shape index (κ3) is 7.39. The number of benzene rings is 2. The summed E-state index contributed by atoms with van der Waals surface area (Å²) < 4.78 is 33.5. The van der Waals surface area contributed by atoms with E-state index in [-0.39, 0.29) is 49.3 Å². The Balaban J connectivity index is 1.75. The van der Waals surface area contributed by atoms with Crippen LogP contribution in [0.3, 0.4) is 0 Å². The molecule has 1 aliphatic carbocycles. The second-order valence-corrected chi connectivity index (χ2v) is 14.5. The maximum atomic E-state index is 14.1. The number of hydrogen-bond acceptors (Lipinski definition) is 4. The molecule has 1 heterocycles. The standard InChI is InChI=1S/C35H48F2N2O4/c1-33(2,3)25-13-14-26(43-7)24(20-25)21-38-29-28(34(4,5)6)31(32(41)42)39(30(29)23-11-9-8-10-12-23)27(40)19-22-15-17-35(36,37)18-16-22/h8-14,20,22,28-31,38H,15-19,21H2,1-7H3,(H,41,42)/t28-,29-,30-,31-/m0/s1. The smallest absolute Gasteiger partial charge is 0.326 e. The summed E-state index contributed by atoms with van der Waals surface area (Å²) in [6, 6.07) is 13.7. The van der Waals surface area contributed by atoms with Gasteiger partial charge in [-0.15, -0.1) is 0 Å². The molecule has 0 aromatic heterocycles. The molecule has 1 aliphatic heterocycles. The molecule has 2 aromatic carbocycles. The fourth-order valence-electron chi connectivity index (χ4n) is 7.03. The van der Waals surface area contributed by atoms with Crippen LogP contribution in [-0.2, 0) is 21.5 Å². The predicted octanol–water partition coefficient (Wildman–Crippen LogP) is 7.37. The Morgan fingerprint density at radius 3 is 2.19 bits per heavy atom. The van der Waals surface area contributed by atoms with Crippen molar-refractivity contribution in [2.75, 3.05) is 7.11 Å². The van der Waals surface area contributed by atoms with E-state index in [4.69, 9.17) is 4.74 Å². The van der Waals surface area contributed by atoms with Crippen molar-refractivity contribution >= 4 is 11.9 Å². The van der Waals surface area contributed by atoms with Crippen LogP contribution in [-0.4, -0.2) is 47.0 Å². The second-order valence-electron chi connectivity index (χ2n) is 14.5. The van der Waals surface area contributed by atoms with E-state index in [0.717, 1.165) is 22.4 Å². The zero-order valence-electron chi connectivity index (χ0n) is 26.6. The minimum absolute atomic E-state index is 0.0637. The molecule has 4 atom stereocenters. The minimum atomic E-state index is -2.69. The lowest BCUT2D eigenvalue weighted by atomic mass is 9.72. The van der Waals surface area contributed by atoms with Gasteiger partial charge in [-0.3, -0.25) is 4.79 Å². The molecule has 0 radical (unpaired) electrons. The maximum Gasteiger partial charge on any atom is 0.326 e. The summed E-state index contributed by atoms with van der Waals surface area (Å²) in [7, 11) is 1.64. The number of likely N-dealkylation sites (tertiary alicyclic amines) is 1. The van der Waals surface area contributed by atoms with Crippen molar-refractivity contribution in [2.45, 2.75) is 110 Å². The van der Waals surface area contributed by atoms with Gasteiger partial charge < -0.3 is 20.1 Å². The summed E-state index contributed by atoms with van der Waals surface area (Å²) >= 11 is 0. The topological polar surface area (TPSA) is 78.9 Å². The molecule has 2 N–H and O–H groups in total. The van der Waals surface area contributed by atoms with Gasteiger partial charge in [0.25, 0.3) is 0 Å². The Kier molecular flexibility index (Phi) is 9.60. The van der Waals surface area contributed by atoms with Crippen LogP contribution >= 0.6 is 0 Å². The van der Waals surface area contributed by atoms with Crippen LogP contribution in [0.2, 0.25) is 0 Å². The number of methoxy groups -OCH3 is 1. The van der Waals surface area contributed by atoms with Crippen LogP contribution in [0.5, 0.6) is 5.75 Å². The van der Waals surface area contributed by atoms with E-state index in [1.807, 2.05) is 57.2 Å². The van der Waals surface area contributed by atoms with E-state index in [9.17, 15) is 23.5 Å². The molecular formula is C35H48F2N2O4. The minimum Gasteiger partial charge on any atom is -0.496 e. The average Bonchev–Trinajstić information content (AvgIpc) is 3.29. The van der Waals surface area contributed by atoms with Gasteiger partial charge in [-0.2, -0.15) is 0 Å². The first-order valence-electron chi connectivity index (χ1n) is 15.4. The lowest BCUT2D eigenvalue weighted by molar-refractivity contribution is -0.153.